The number of benzene rings is 1. The number of thiophene rings is 1. The molecule has 0 spiro atoms. The van der Waals surface area contributed by atoms with Crippen LogP contribution in [0.3, 0.4) is 0 Å². The summed E-state index contributed by atoms with van der Waals surface area (Å²) in [6, 6.07) is 6.62. The van der Waals surface area contributed by atoms with E-state index in [-0.39, 0.29) is 5.91 Å². The Morgan fingerprint density at radius 3 is 2.46 bits per heavy atom. The summed E-state index contributed by atoms with van der Waals surface area (Å²) in [6.45, 7) is 12.1. The van der Waals surface area contributed by atoms with E-state index in [2.05, 4.69) is 47.6 Å². The Labute approximate surface area is 161 Å². The number of carbonyl (C=O) groups is 1. The zero-order valence-corrected chi connectivity index (χ0v) is 17.4. The molecule has 0 fully saturated rings. The molecule has 3 rings (SSSR count). The first-order valence-electron chi connectivity index (χ1n) is 9.28. The van der Waals surface area contributed by atoms with E-state index in [1.807, 2.05) is 44.3 Å². The third kappa shape index (κ3) is 4.98. The fourth-order valence-corrected chi connectivity index (χ4v) is 3.91. The van der Waals surface area contributed by atoms with Gasteiger partial charge in [0.25, 0.3) is 0 Å². The molecule has 1 aromatic carbocycles. The van der Waals surface area contributed by atoms with Crippen LogP contribution in [0, 0.1) is 13.8 Å². The molecular weight excluding hydrogens is 340 g/mol. The topological polar surface area (TPSA) is 32.3 Å². The van der Waals surface area contributed by atoms with Crippen molar-refractivity contribution in [3.8, 4) is 0 Å². The summed E-state index contributed by atoms with van der Waals surface area (Å²) in [5.41, 5.74) is 5.93. The van der Waals surface area contributed by atoms with Gasteiger partial charge in [-0.05, 0) is 74.4 Å². The molecule has 0 saturated carbocycles. The summed E-state index contributed by atoms with van der Waals surface area (Å²) < 4.78 is 0. The lowest BCUT2D eigenvalue weighted by atomic mass is 10.0. The molecule has 1 aromatic heterocycles. The van der Waals surface area contributed by atoms with Crippen LogP contribution >= 0.6 is 11.3 Å². The Hall–Kier alpha value is -2.07. The fourth-order valence-electron chi connectivity index (χ4n) is 3.02. The second-order valence-electron chi connectivity index (χ2n) is 6.56. The minimum atomic E-state index is 0.0693. The SMILES string of the molecule is C/C=C\C.CCC(=O)Nc1c(C)cc(N2CCc3sccc3C2)cc1C. The van der Waals surface area contributed by atoms with Gasteiger partial charge in [-0.15, -0.1) is 11.3 Å². The van der Waals surface area contributed by atoms with Crippen molar-refractivity contribution >= 4 is 28.6 Å². The first-order valence-corrected chi connectivity index (χ1v) is 10.2. The highest BCUT2D eigenvalue weighted by Gasteiger charge is 2.19. The molecule has 0 bridgehead atoms. The van der Waals surface area contributed by atoms with Gasteiger partial charge in [-0.2, -0.15) is 0 Å². The Bertz CT molecular complexity index is 749. The predicted octanol–water partition coefficient (Wildman–Crippen LogP) is 5.86. The van der Waals surface area contributed by atoms with E-state index in [0.29, 0.717) is 6.42 Å². The van der Waals surface area contributed by atoms with Crippen molar-refractivity contribution in [1.82, 2.24) is 0 Å². The maximum atomic E-state index is 11.7. The lowest BCUT2D eigenvalue weighted by Crippen LogP contribution is -2.29. The zero-order chi connectivity index (χ0) is 19.1. The van der Waals surface area contributed by atoms with Crippen molar-refractivity contribution in [1.29, 1.82) is 0 Å². The maximum absolute atomic E-state index is 11.7. The van der Waals surface area contributed by atoms with Crippen molar-refractivity contribution < 1.29 is 4.79 Å². The van der Waals surface area contributed by atoms with Gasteiger partial charge in [0, 0.05) is 35.8 Å². The number of nitrogens with one attached hydrogen (secondary N) is 1. The second kappa shape index (κ2) is 9.58. The Balaban J connectivity index is 0.000000552. The number of rotatable bonds is 3. The standard InChI is InChI=1S/C18H22N2OS.C4H8/c1-4-17(21)19-18-12(2)9-15(10-13(18)3)20-7-5-16-14(11-20)6-8-22-16;1-3-4-2/h6,8-10H,4-5,7,11H2,1-3H3,(H,19,21);3-4H,1-2H3/b;4-3-. The first kappa shape index (κ1) is 20.2. The Morgan fingerprint density at radius 2 is 1.88 bits per heavy atom. The third-order valence-corrected chi connectivity index (χ3v) is 5.63. The molecule has 140 valence electrons. The summed E-state index contributed by atoms with van der Waals surface area (Å²) in [4.78, 5) is 15.6. The molecule has 0 saturated heterocycles. The molecular formula is C22H30N2OS. The van der Waals surface area contributed by atoms with Crippen molar-refractivity contribution in [2.45, 2.75) is 54.0 Å². The number of allylic oxidation sites excluding steroid dienone is 2. The maximum Gasteiger partial charge on any atom is 0.224 e. The number of fused-ring (bicyclic) bond motifs is 1. The van der Waals surface area contributed by atoms with Gasteiger partial charge in [-0.1, -0.05) is 19.1 Å². The van der Waals surface area contributed by atoms with E-state index in [4.69, 9.17) is 0 Å². The molecule has 1 amide bonds. The van der Waals surface area contributed by atoms with Crippen molar-refractivity contribution in [2.75, 3.05) is 16.8 Å². The molecule has 1 aliphatic rings. The molecule has 2 heterocycles. The number of hydrogen-bond acceptors (Lipinski definition) is 3. The van der Waals surface area contributed by atoms with Gasteiger partial charge in [0.1, 0.15) is 0 Å². The highest BCUT2D eigenvalue weighted by molar-refractivity contribution is 7.10. The molecule has 4 heteroatoms. The van der Waals surface area contributed by atoms with E-state index >= 15 is 0 Å². The smallest absolute Gasteiger partial charge is 0.224 e. The predicted molar refractivity (Wildman–Crippen MR) is 114 cm³/mol. The summed E-state index contributed by atoms with van der Waals surface area (Å²) in [7, 11) is 0. The van der Waals surface area contributed by atoms with E-state index in [9.17, 15) is 4.79 Å². The Morgan fingerprint density at radius 1 is 1.23 bits per heavy atom. The lowest BCUT2D eigenvalue weighted by Gasteiger charge is -2.30. The summed E-state index contributed by atoms with van der Waals surface area (Å²) in [5.74, 6) is 0.0693. The molecule has 26 heavy (non-hydrogen) atoms. The zero-order valence-electron chi connectivity index (χ0n) is 16.6. The largest absolute Gasteiger partial charge is 0.367 e. The van der Waals surface area contributed by atoms with Crippen LogP contribution < -0.4 is 10.2 Å². The van der Waals surface area contributed by atoms with Crippen molar-refractivity contribution in [2.24, 2.45) is 0 Å². The number of nitrogens with zero attached hydrogens (tertiary/aromatic N) is 1. The quantitative estimate of drug-likeness (QED) is 0.686. The normalized spacial score (nSPS) is 13.2. The van der Waals surface area contributed by atoms with Gasteiger partial charge in [0.05, 0.1) is 0 Å². The molecule has 1 aliphatic heterocycles. The highest BCUT2D eigenvalue weighted by Crippen LogP contribution is 2.32. The van der Waals surface area contributed by atoms with Gasteiger partial charge in [-0.25, -0.2) is 0 Å². The van der Waals surface area contributed by atoms with E-state index in [1.54, 1.807) is 0 Å². The van der Waals surface area contributed by atoms with Gasteiger partial charge in [-0.3, -0.25) is 4.79 Å². The van der Waals surface area contributed by atoms with Crippen molar-refractivity contribution in [3.05, 3.63) is 57.3 Å². The lowest BCUT2D eigenvalue weighted by molar-refractivity contribution is -0.115. The number of hydrogen-bond donors (Lipinski definition) is 1. The molecule has 0 atom stereocenters. The van der Waals surface area contributed by atoms with E-state index in [1.165, 1.54) is 16.1 Å². The molecule has 2 aromatic rings. The fraction of sp³-hybridized carbons (Fsp3) is 0.409. The Kier molecular flexibility index (Phi) is 7.46. The van der Waals surface area contributed by atoms with Crippen LogP contribution in [0.1, 0.15) is 48.8 Å². The van der Waals surface area contributed by atoms with Crippen LogP contribution in [0.4, 0.5) is 11.4 Å². The third-order valence-electron chi connectivity index (χ3n) is 4.61. The average molecular weight is 371 g/mol. The number of carbonyl (C=O) groups excluding carboxylic acids is 1. The molecule has 0 unspecified atom stereocenters. The number of aryl methyl sites for hydroxylation is 2. The van der Waals surface area contributed by atoms with E-state index in [0.717, 1.165) is 36.3 Å². The van der Waals surface area contributed by atoms with Crippen LogP contribution in [0.15, 0.2) is 35.7 Å². The summed E-state index contributed by atoms with van der Waals surface area (Å²) in [6.07, 6.45) is 5.63. The highest BCUT2D eigenvalue weighted by atomic mass is 32.1. The summed E-state index contributed by atoms with van der Waals surface area (Å²) in [5, 5.41) is 5.20. The minimum Gasteiger partial charge on any atom is -0.367 e. The summed E-state index contributed by atoms with van der Waals surface area (Å²) >= 11 is 1.87. The van der Waals surface area contributed by atoms with Crippen LogP contribution in [0.2, 0.25) is 0 Å². The average Bonchev–Trinajstić information content (AvgIpc) is 3.12. The number of amides is 1. The van der Waals surface area contributed by atoms with Crippen LogP contribution in [-0.4, -0.2) is 12.5 Å². The molecule has 0 radical (unpaired) electrons. The first-order chi connectivity index (χ1) is 12.5. The minimum absolute atomic E-state index is 0.0693. The van der Waals surface area contributed by atoms with Crippen LogP contribution in [-0.2, 0) is 17.8 Å². The van der Waals surface area contributed by atoms with Crippen LogP contribution in [0.5, 0.6) is 0 Å². The number of anilines is 2. The van der Waals surface area contributed by atoms with Gasteiger partial charge in [0.15, 0.2) is 0 Å². The van der Waals surface area contributed by atoms with Gasteiger partial charge in [0.2, 0.25) is 5.91 Å². The van der Waals surface area contributed by atoms with Gasteiger partial charge >= 0.3 is 0 Å². The molecule has 3 nitrogen and oxygen atoms in total. The van der Waals surface area contributed by atoms with Gasteiger partial charge < -0.3 is 10.2 Å². The van der Waals surface area contributed by atoms with Crippen molar-refractivity contribution in [3.63, 3.8) is 0 Å². The van der Waals surface area contributed by atoms with Crippen LogP contribution in [0.25, 0.3) is 0 Å². The van der Waals surface area contributed by atoms with E-state index < -0.39 is 0 Å². The molecule has 1 N–H and O–H groups in total. The molecule has 0 aliphatic carbocycles. The monoisotopic (exact) mass is 370 g/mol. The second-order valence-corrected chi connectivity index (χ2v) is 7.56.